The van der Waals surface area contributed by atoms with Gasteiger partial charge in [-0.3, -0.25) is 10.1 Å². The van der Waals surface area contributed by atoms with Crippen molar-refractivity contribution in [1.29, 1.82) is 0 Å². The lowest BCUT2D eigenvalue weighted by atomic mass is 9.91. The number of nitrogens with zero attached hydrogens (tertiary/aromatic N) is 1. The normalized spacial score (nSPS) is 9.93. The predicted molar refractivity (Wildman–Crippen MR) is 63.3 cm³/mol. The Bertz CT molecular complexity index is 417. The summed E-state index contributed by atoms with van der Waals surface area (Å²) in [7, 11) is 3.19. The lowest BCUT2D eigenvalue weighted by Crippen LogP contribution is -2.18. The molecule has 0 N–H and O–H groups in total. The summed E-state index contributed by atoms with van der Waals surface area (Å²) in [4.78, 5) is 22.0. The molecule has 1 heterocycles. The molecule has 0 unspecified atom stereocenters. The lowest BCUT2D eigenvalue weighted by Gasteiger charge is -1.98. The number of ether oxygens (including phenoxy) is 1. The van der Waals surface area contributed by atoms with Crippen molar-refractivity contribution >= 4 is 48.9 Å². The van der Waals surface area contributed by atoms with Crippen LogP contribution in [0.3, 0.4) is 0 Å². The van der Waals surface area contributed by atoms with E-state index in [9.17, 15) is 14.9 Å². The Hall–Kier alpha value is -1.30. The maximum Gasteiger partial charge on any atom is 0.347 e. The fourth-order valence-electron chi connectivity index (χ4n) is 1.31. The van der Waals surface area contributed by atoms with Crippen molar-refractivity contribution in [2.24, 2.45) is 0 Å². The molecule has 0 radical (unpaired) electrons. The van der Waals surface area contributed by atoms with Crippen molar-refractivity contribution in [2.45, 2.75) is 6.92 Å². The van der Waals surface area contributed by atoms with Gasteiger partial charge in [0.2, 0.25) is 0 Å². The van der Waals surface area contributed by atoms with E-state index in [0.29, 0.717) is 15.1 Å². The first-order valence-corrected chi connectivity index (χ1v) is 5.22. The molecule has 8 heteroatoms. The molecule has 1 aromatic rings. The second-order valence-corrected chi connectivity index (χ2v) is 4.16. The quantitative estimate of drug-likeness (QED) is 0.267. The fraction of sp³-hybridized carbons (Fsp3) is 0.286. The molecule has 1 aromatic heterocycles. The predicted octanol–water partition coefficient (Wildman–Crippen LogP) is -1.65. The van der Waals surface area contributed by atoms with Crippen LogP contribution in [0.25, 0.3) is 0 Å². The zero-order valence-corrected chi connectivity index (χ0v) is 9.51. The molecular formula is C7H9B2NO4S. The molecular weight excluding hydrogens is 216 g/mol. The Morgan fingerprint density at radius 1 is 1.60 bits per heavy atom. The smallest absolute Gasteiger partial charge is 0.347 e. The van der Waals surface area contributed by atoms with Crippen molar-refractivity contribution in [1.82, 2.24) is 0 Å². The summed E-state index contributed by atoms with van der Waals surface area (Å²) in [6.07, 6.45) is 0. The second-order valence-electron chi connectivity index (χ2n) is 2.94. The van der Waals surface area contributed by atoms with E-state index in [1.807, 2.05) is 0 Å². The molecule has 0 saturated heterocycles. The van der Waals surface area contributed by atoms with Gasteiger partial charge in [0.15, 0.2) is 15.7 Å². The van der Waals surface area contributed by atoms with Gasteiger partial charge in [0.25, 0.3) is 5.69 Å². The number of esters is 1. The summed E-state index contributed by atoms with van der Waals surface area (Å²) < 4.78 is 5.33. The van der Waals surface area contributed by atoms with Crippen LogP contribution in [0.1, 0.15) is 16.6 Å². The highest BCUT2D eigenvalue weighted by Crippen LogP contribution is 2.14. The maximum atomic E-state index is 11.4. The molecule has 0 saturated carbocycles. The Labute approximate surface area is 92.4 Å². The van der Waals surface area contributed by atoms with Crippen LogP contribution in [-0.4, -0.2) is 33.2 Å². The number of nitro groups is 1. The van der Waals surface area contributed by atoms with Crippen LogP contribution in [0.4, 0.5) is 5.69 Å². The lowest BCUT2D eigenvalue weighted by molar-refractivity contribution is -0.382. The van der Waals surface area contributed by atoms with Crippen LogP contribution >= 0.6 is 11.3 Å². The van der Waals surface area contributed by atoms with E-state index >= 15 is 0 Å². The number of rotatable bonds is 3. The molecule has 1 rings (SSSR count). The van der Waals surface area contributed by atoms with E-state index < -0.39 is 10.9 Å². The third kappa shape index (κ3) is 2.20. The molecule has 15 heavy (non-hydrogen) atoms. The number of hydrogen-bond acceptors (Lipinski definition) is 5. The highest BCUT2D eigenvalue weighted by molar-refractivity contribution is 7.23. The molecule has 0 bridgehead atoms. The van der Waals surface area contributed by atoms with Crippen LogP contribution in [0.5, 0.6) is 0 Å². The highest BCUT2D eigenvalue weighted by atomic mass is 32.1. The van der Waals surface area contributed by atoms with Crippen molar-refractivity contribution < 1.29 is 14.5 Å². The zero-order valence-electron chi connectivity index (χ0n) is 8.70. The zero-order chi connectivity index (χ0) is 11.6. The third-order valence-corrected chi connectivity index (χ3v) is 3.10. The van der Waals surface area contributed by atoms with Crippen LogP contribution in [0, 0.1) is 10.1 Å². The van der Waals surface area contributed by atoms with Gasteiger partial charge in [-0.15, -0.1) is 11.3 Å². The second kappa shape index (κ2) is 4.48. The van der Waals surface area contributed by atoms with Crippen molar-refractivity contribution in [3.63, 3.8) is 0 Å². The van der Waals surface area contributed by atoms with Crippen molar-refractivity contribution in [3.8, 4) is 0 Å². The Balaban J connectivity index is 3.17. The number of carbonyl (C=O) groups is 1. The van der Waals surface area contributed by atoms with Crippen LogP contribution in [0.2, 0.25) is 0 Å². The van der Waals surface area contributed by atoms with E-state index in [1.54, 1.807) is 22.6 Å². The summed E-state index contributed by atoms with van der Waals surface area (Å²) in [5.74, 6) is -0.490. The van der Waals surface area contributed by atoms with Crippen LogP contribution < -0.4 is 10.2 Å². The van der Waals surface area contributed by atoms with E-state index in [0.717, 1.165) is 11.3 Å². The monoisotopic (exact) mass is 225 g/mol. The summed E-state index contributed by atoms with van der Waals surface area (Å²) in [5.41, 5.74) is 0.406. The molecule has 0 amide bonds. The standard InChI is InChI=1S/C7H9B2NO4S/c1-2-14-7(11)5-3(8)4(10(12)13)6(9)15-5/h2,8-9H2,1H3. The summed E-state index contributed by atoms with van der Waals surface area (Å²) >= 11 is 1.10. The average Bonchev–Trinajstić information content (AvgIpc) is 2.42. The minimum Gasteiger partial charge on any atom is -0.462 e. The third-order valence-electron chi connectivity index (χ3n) is 1.93. The van der Waals surface area contributed by atoms with Crippen LogP contribution in [0.15, 0.2) is 0 Å². The van der Waals surface area contributed by atoms with E-state index in [4.69, 9.17) is 4.74 Å². The summed E-state index contributed by atoms with van der Waals surface area (Å²) in [6.45, 7) is 1.96. The van der Waals surface area contributed by atoms with Gasteiger partial charge in [0.05, 0.1) is 11.5 Å². The Kier molecular flexibility index (Phi) is 3.52. The molecule has 5 nitrogen and oxygen atoms in total. The van der Waals surface area contributed by atoms with Gasteiger partial charge in [-0.25, -0.2) is 4.79 Å². The molecule has 0 aliphatic rings. The summed E-state index contributed by atoms with van der Waals surface area (Å²) in [6, 6.07) is 0. The first-order valence-electron chi connectivity index (χ1n) is 4.40. The van der Waals surface area contributed by atoms with Crippen molar-refractivity contribution in [3.05, 3.63) is 15.0 Å². The SMILES string of the molecule is Bc1sc(C(=O)OCC)c(B)c1[N+](=O)[O-]. The topological polar surface area (TPSA) is 69.4 Å². The largest absolute Gasteiger partial charge is 0.462 e. The van der Waals surface area contributed by atoms with Crippen LogP contribution in [-0.2, 0) is 4.74 Å². The molecule has 0 aliphatic heterocycles. The number of thiophene rings is 1. The summed E-state index contributed by atoms with van der Waals surface area (Å²) in [5, 5.41) is 10.7. The maximum absolute atomic E-state index is 11.4. The molecule has 0 aliphatic carbocycles. The van der Waals surface area contributed by atoms with E-state index in [1.165, 1.54) is 0 Å². The van der Waals surface area contributed by atoms with Gasteiger partial charge in [0, 0.05) is 10.2 Å². The van der Waals surface area contributed by atoms with E-state index in [-0.39, 0.29) is 12.3 Å². The first-order chi connectivity index (χ1) is 6.99. The molecule has 78 valence electrons. The van der Waals surface area contributed by atoms with Gasteiger partial charge in [-0.1, -0.05) is 0 Å². The van der Waals surface area contributed by atoms with E-state index in [2.05, 4.69) is 0 Å². The van der Waals surface area contributed by atoms with Crippen molar-refractivity contribution in [2.75, 3.05) is 6.61 Å². The number of carbonyl (C=O) groups excluding carboxylic acids is 1. The molecule has 0 aromatic carbocycles. The molecule has 0 spiro atoms. The highest BCUT2D eigenvalue weighted by Gasteiger charge is 2.25. The number of hydrogen-bond donors (Lipinski definition) is 0. The minimum absolute atomic E-state index is 0.0167. The Morgan fingerprint density at radius 3 is 2.60 bits per heavy atom. The average molecular weight is 225 g/mol. The fourth-order valence-corrected chi connectivity index (χ4v) is 2.33. The molecule has 0 atom stereocenters. The molecule has 0 fully saturated rings. The van der Waals surface area contributed by atoms with Gasteiger partial charge in [-0.05, 0) is 6.92 Å². The van der Waals surface area contributed by atoms with Gasteiger partial charge < -0.3 is 4.74 Å². The van der Waals surface area contributed by atoms with Gasteiger partial charge >= 0.3 is 5.97 Å². The Morgan fingerprint density at radius 2 is 2.20 bits per heavy atom. The first kappa shape index (κ1) is 11.8. The minimum atomic E-state index is -0.490. The van der Waals surface area contributed by atoms with Gasteiger partial charge in [0.1, 0.15) is 4.88 Å². The van der Waals surface area contributed by atoms with Gasteiger partial charge in [-0.2, -0.15) is 0 Å².